The van der Waals surface area contributed by atoms with E-state index < -0.39 is 5.91 Å². The summed E-state index contributed by atoms with van der Waals surface area (Å²) in [5.41, 5.74) is 5.71. The van der Waals surface area contributed by atoms with E-state index in [4.69, 9.17) is 10.5 Å². The van der Waals surface area contributed by atoms with Crippen molar-refractivity contribution >= 4 is 17.6 Å². The fourth-order valence-electron chi connectivity index (χ4n) is 0.996. The molecule has 0 bridgehead atoms. The first-order chi connectivity index (χ1) is 7.08. The van der Waals surface area contributed by atoms with Gasteiger partial charge in [-0.15, -0.1) is 0 Å². The Hall–Kier alpha value is -2.04. The summed E-state index contributed by atoms with van der Waals surface area (Å²) in [6, 6.07) is 6.65. The van der Waals surface area contributed by atoms with Gasteiger partial charge >= 0.3 is 5.97 Å². The van der Waals surface area contributed by atoms with Crippen molar-refractivity contribution in [2.75, 3.05) is 11.9 Å². The van der Waals surface area contributed by atoms with E-state index in [1.165, 1.54) is 6.92 Å². The first-order valence-electron chi connectivity index (χ1n) is 4.38. The second kappa shape index (κ2) is 4.99. The fraction of sp³-hybridized carbons (Fsp3) is 0.200. The predicted octanol–water partition coefficient (Wildman–Crippen LogP) is 0.509. The van der Waals surface area contributed by atoms with Crippen molar-refractivity contribution in [3.8, 4) is 5.75 Å². The average molecular weight is 208 g/mol. The van der Waals surface area contributed by atoms with Crippen LogP contribution in [0, 0.1) is 0 Å². The van der Waals surface area contributed by atoms with Crippen LogP contribution in [0.15, 0.2) is 24.3 Å². The van der Waals surface area contributed by atoms with Crippen molar-refractivity contribution in [3.05, 3.63) is 24.3 Å². The molecule has 80 valence electrons. The van der Waals surface area contributed by atoms with Crippen molar-refractivity contribution in [1.29, 1.82) is 0 Å². The number of carbonyl (C=O) groups excluding carboxylic acids is 2. The second-order valence-corrected chi connectivity index (χ2v) is 2.94. The average Bonchev–Trinajstić information content (AvgIpc) is 2.16. The Morgan fingerprint density at radius 2 is 1.93 bits per heavy atom. The van der Waals surface area contributed by atoms with E-state index in [9.17, 15) is 9.59 Å². The molecule has 0 aliphatic heterocycles. The maximum Gasteiger partial charge on any atom is 0.308 e. The summed E-state index contributed by atoms with van der Waals surface area (Å²) in [4.78, 5) is 21.1. The van der Waals surface area contributed by atoms with E-state index in [0.717, 1.165) is 5.69 Å². The van der Waals surface area contributed by atoms with E-state index in [-0.39, 0.29) is 12.5 Å². The number of rotatable bonds is 4. The Morgan fingerprint density at radius 1 is 1.33 bits per heavy atom. The summed E-state index contributed by atoms with van der Waals surface area (Å²) in [6.07, 6.45) is 0. The maximum absolute atomic E-state index is 10.6. The summed E-state index contributed by atoms with van der Waals surface area (Å²) < 4.78 is 4.84. The van der Waals surface area contributed by atoms with Gasteiger partial charge in [-0.1, -0.05) is 0 Å². The molecule has 5 heteroatoms. The topological polar surface area (TPSA) is 81.4 Å². The molecule has 0 aromatic heterocycles. The van der Waals surface area contributed by atoms with Crippen LogP contribution in [0.2, 0.25) is 0 Å². The molecule has 0 radical (unpaired) electrons. The molecule has 0 aliphatic rings. The van der Waals surface area contributed by atoms with Crippen molar-refractivity contribution in [2.24, 2.45) is 5.73 Å². The van der Waals surface area contributed by atoms with Crippen LogP contribution >= 0.6 is 0 Å². The number of ether oxygens (including phenoxy) is 1. The third-order valence-corrected chi connectivity index (χ3v) is 1.58. The summed E-state index contributed by atoms with van der Waals surface area (Å²) in [5.74, 6) is -0.334. The van der Waals surface area contributed by atoms with Crippen LogP contribution in [0.25, 0.3) is 0 Å². The van der Waals surface area contributed by atoms with Crippen LogP contribution < -0.4 is 15.8 Å². The summed E-state index contributed by atoms with van der Waals surface area (Å²) in [5, 5.41) is 2.81. The molecule has 0 unspecified atom stereocenters. The highest BCUT2D eigenvalue weighted by Gasteiger charge is 1.98. The number of anilines is 1. The quantitative estimate of drug-likeness (QED) is 0.558. The Labute approximate surface area is 87.2 Å². The van der Waals surface area contributed by atoms with Gasteiger partial charge in [-0.2, -0.15) is 0 Å². The molecular formula is C10H12N2O3. The van der Waals surface area contributed by atoms with Gasteiger partial charge in [0.15, 0.2) is 0 Å². The summed E-state index contributed by atoms with van der Waals surface area (Å²) in [7, 11) is 0. The minimum atomic E-state index is -0.431. The highest BCUT2D eigenvalue weighted by molar-refractivity contribution is 5.78. The number of nitrogens with two attached hydrogens (primary N) is 1. The number of esters is 1. The van der Waals surface area contributed by atoms with E-state index in [1.807, 2.05) is 0 Å². The highest BCUT2D eigenvalue weighted by Crippen LogP contribution is 2.15. The van der Waals surface area contributed by atoms with Gasteiger partial charge in [-0.25, -0.2) is 0 Å². The lowest BCUT2D eigenvalue weighted by Gasteiger charge is -2.05. The van der Waals surface area contributed by atoms with Gasteiger partial charge in [0.05, 0.1) is 6.54 Å². The number of benzene rings is 1. The lowest BCUT2D eigenvalue weighted by Crippen LogP contribution is -2.21. The van der Waals surface area contributed by atoms with Crippen molar-refractivity contribution < 1.29 is 14.3 Å². The molecule has 0 saturated carbocycles. The molecular weight excluding hydrogens is 196 g/mol. The number of nitrogens with one attached hydrogen (secondary N) is 1. The van der Waals surface area contributed by atoms with Gasteiger partial charge < -0.3 is 15.8 Å². The van der Waals surface area contributed by atoms with Crippen LogP contribution in [-0.4, -0.2) is 18.4 Å². The number of hydrogen-bond donors (Lipinski definition) is 2. The lowest BCUT2D eigenvalue weighted by molar-refractivity contribution is -0.131. The molecule has 5 nitrogen and oxygen atoms in total. The number of amides is 1. The SMILES string of the molecule is CC(=O)Oc1ccc(NCC(N)=O)cc1. The Kier molecular flexibility index (Phi) is 3.68. The zero-order chi connectivity index (χ0) is 11.3. The van der Waals surface area contributed by atoms with Crippen LogP contribution in [0.3, 0.4) is 0 Å². The monoisotopic (exact) mass is 208 g/mol. The van der Waals surface area contributed by atoms with Gasteiger partial charge in [0, 0.05) is 12.6 Å². The van der Waals surface area contributed by atoms with Crippen LogP contribution in [0.4, 0.5) is 5.69 Å². The molecule has 1 aromatic rings. The second-order valence-electron chi connectivity index (χ2n) is 2.94. The third kappa shape index (κ3) is 4.12. The van der Waals surface area contributed by atoms with Crippen molar-refractivity contribution in [2.45, 2.75) is 6.92 Å². The first-order valence-corrected chi connectivity index (χ1v) is 4.38. The maximum atomic E-state index is 10.6. The van der Waals surface area contributed by atoms with Gasteiger partial charge in [-0.3, -0.25) is 9.59 Å². The van der Waals surface area contributed by atoms with Gasteiger partial charge in [0.1, 0.15) is 5.75 Å². The molecule has 0 spiro atoms. The zero-order valence-electron chi connectivity index (χ0n) is 8.32. The lowest BCUT2D eigenvalue weighted by atomic mass is 10.3. The number of hydrogen-bond acceptors (Lipinski definition) is 4. The third-order valence-electron chi connectivity index (χ3n) is 1.58. The molecule has 0 aliphatic carbocycles. The van der Waals surface area contributed by atoms with Crippen LogP contribution in [0.5, 0.6) is 5.75 Å². The highest BCUT2D eigenvalue weighted by atomic mass is 16.5. The molecule has 0 atom stereocenters. The van der Waals surface area contributed by atoms with Crippen molar-refractivity contribution in [1.82, 2.24) is 0 Å². The Bertz CT molecular complexity index is 359. The van der Waals surface area contributed by atoms with E-state index in [1.54, 1.807) is 24.3 Å². The largest absolute Gasteiger partial charge is 0.427 e. The van der Waals surface area contributed by atoms with E-state index >= 15 is 0 Å². The predicted molar refractivity (Wildman–Crippen MR) is 55.4 cm³/mol. The molecule has 15 heavy (non-hydrogen) atoms. The summed E-state index contributed by atoms with van der Waals surface area (Å²) >= 11 is 0. The molecule has 0 saturated heterocycles. The fourth-order valence-corrected chi connectivity index (χ4v) is 0.996. The molecule has 0 fully saturated rings. The minimum Gasteiger partial charge on any atom is -0.427 e. The Morgan fingerprint density at radius 3 is 2.40 bits per heavy atom. The zero-order valence-corrected chi connectivity index (χ0v) is 8.32. The molecule has 1 aromatic carbocycles. The number of carbonyl (C=O) groups is 2. The van der Waals surface area contributed by atoms with Gasteiger partial charge in [0.2, 0.25) is 5.91 Å². The van der Waals surface area contributed by atoms with Crippen LogP contribution in [0.1, 0.15) is 6.92 Å². The van der Waals surface area contributed by atoms with Crippen LogP contribution in [-0.2, 0) is 9.59 Å². The number of primary amides is 1. The van der Waals surface area contributed by atoms with Crippen molar-refractivity contribution in [3.63, 3.8) is 0 Å². The molecule has 1 rings (SSSR count). The molecule has 3 N–H and O–H groups in total. The van der Waals surface area contributed by atoms with E-state index in [0.29, 0.717) is 5.75 Å². The Balaban J connectivity index is 2.56. The standard InChI is InChI=1S/C10H12N2O3/c1-7(13)15-9-4-2-8(3-5-9)12-6-10(11)14/h2-5,12H,6H2,1H3,(H2,11,14). The molecule has 1 amide bonds. The minimum absolute atomic E-state index is 0.0763. The van der Waals surface area contributed by atoms with Gasteiger partial charge in [0.25, 0.3) is 0 Å². The first kappa shape index (κ1) is 11.0. The summed E-state index contributed by atoms with van der Waals surface area (Å²) in [6.45, 7) is 1.41. The smallest absolute Gasteiger partial charge is 0.308 e. The normalized spacial score (nSPS) is 9.40. The van der Waals surface area contributed by atoms with E-state index in [2.05, 4.69) is 5.32 Å². The molecule has 0 heterocycles. The van der Waals surface area contributed by atoms with Gasteiger partial charge in [-0.05, 0) is 24.3 Å².